The molecule has 1 aliphatic carbocycles. The largest absolute Gasteiger partial charge is 0.396 e. The highest BCUT2D eigenvalue weighted by Crippen LogP contribution is 2.26. The molecule has 1 N–H and O–H groups in total. The molecule has 5 heteroatoms. The number of hydrogen-bond donors (Lipinski definition) is 1. The lowest BCUT2D eigenvalue weighted by Gasteiger charge is -2.36. The maximum atomic E-state index is 12.2. The number of amides is 1. The molecule has 2 rings (SSSR count). The van der Waals surface area contributed by atoms with Gasteiger partial charge < -0.3 is 14.5 Å². The molecule has 0 spiro atoms. The molecular formula is C12H18N2O3. The highest BCUT2D eigenvalue weighted by molar-refractivity contribution is 5.91. The molecule has 0 aliphatic heterocycles. The van der Waals surface area contributed by atoms with E-state index in [0.29, 0.717) is 30.5 Å². The van der Waals surface area contributed by atoms with Crippen molar-refractivity contribution in [1.29, 1.82) is 0 Å². The predicted molar refractivity (Wildman–Crippen MR) is 61.6 cm³/mol. The molecule has 0 unspecified atom stereocenters. The van der Waals surface area contributed by atoms with E-state index in [0.717, 1.165) is 12.8 Å². The van der Waals surface area contributed by atoms with Crippen LogP contribution in [0.4, 0.5) is 0 Å². The average Bonchev–Trinajstić information content (AvgIpc) is 2.67. The summed E-state index contributed by atoms with van der Waals surface area (Å²) in [5.41, 5.74) is 0.712. The molecular weight excluding hydrogens is 220 g/mol. The summed E-state index contributed by atoms with van der Waals surface area (Å²) in [5.74, 6) is 0.191. The normalized spacial score (nSPS) is 15.6. The molecule has 1 aliphatic rings. The second kappa shape index (κ2) is 5.31. The highest BCUT2D eigenvalue weighted by atomic mass is 16.5. The molecule has 0 bridgehead atoms. The van der Waals surface area contributed by atoms with E-state index in [-0.39, 0.29) is 12.5 Å². The van der Waals surface area contributed by atoms with E-state index in [1.807, 2.05) is 0 Å². The standard InChI is InChI=1S/C12H18N2O3/c1-9-8-11(17-13-9)12(16)14(6-3-7-15)10-4-2-5-10/h8,10,15H,2-7H2,1H3. The smallest absolute Gasteiger partial charge is 0.292 e. The van der Waals surface area contributed by atoms with E-state index in [2.05, 4.69) is 5.16 Å². The molecule has 5 nitrogen and oxygen atoms in total. The summed E-state index contributed by atoms with van der Waals surface area (Å²) in [4.78, 5) is 14.0. The third kappa shape index (κ3) is 2.66. The molecule has 0 radical (unpaired) electrons. The van der Waals surface area contributed by atoms with Gasteiger partial charge in [0.25, 0.3) is 5.91 Å². The zero-order valence-electron chi connectivity index (χ0n) is 10.1. The number of hydrogen-bond acceptors (Lipinski definition) is 4. The summed E-state index contributed by atoms with van der Waals surface area (Å²) >= 11 is 0. The minimum Gasteiger partial charge on any atom is -0.396 e. The molecule has 0 aromatic carbocycles. The van der Waals surface area contributed by atoms with E-state index < -0.39 is 0 Å². The Morgan fingerprint density at radius 2 is 2.41 bits per heavy atom. The molecule has 1 aromatic rings. The number of rotatable bonds is 5. The zero-order valence-corrected chi connectivity index (χ0v) is 10.1. The van der Waals surface area contributed by atoms with Crippen LogP contribution < -0.4 is 0 Å². The van der Waals surface area contributed by atoms with Crippen molar-refractivity contribution < 1.29 is 14.4 Å². The minimum absolute atomic E-state index is 0.103. The Kier molecular flexibility index (Phi) is 3.78. The second-order valence-electron chi connectivity index (χ2n) is 4.49. The van der Waals surface area contributed by atoms with Gasteiger partial charge >= 0.3 is 0 Å². The predicted octanol–water partition coefficient (Wildman–Crippen LogP) is 1.36. The average molecular weight is 238 g/mol. The van der Waals surface area contributed by atoms with Crippen molar-refractivity contribution in [2.24, 2.45) is 0 Å². The lowest BCUT2D eigenvalue weighted by Crippen LogP contribution is -2.44. The molecule has 1 aromatic heterocycles. The van der Waals surface area contributed by atoms with Gasteiger partial charge in [-0.2, -0.15) is 0 Å². The maximum Gasteiger partial charge on any atom is 0.292 e. The van der Waals surface area contributed by atoms with Gasteiger partial charge in [-0.3, -0.25) is 4.79 Å². The Morgan fingerprint density at radius 3 is 2.88 bits per heavy atom. The summed E-state index contributed by atoms with van der Waals surface area (Å²) in [7, 11) is 0. The van der Waals surface area contributed by atoms with Crippen molar-refractivity contribution >= 4 is 5.91 Å². The number of aliphatic hydroxyl groups is 1. The van der Waals surface area contributed by atoms with E-state index >= 15 is 0 Å². The fourth-order valence-corrected chi connectivity index (χ4v) is 2.00. The van der Waals surface area contributed by atoms with Gasteiger partial charge in [-0.1, -0.05) is 5.16 Å². The number of aryl methyl sites for hydroxylation is 1. The Bertz CT molecular complexity index is 385. The maximum absolute atomic E-state index is 12.2. The summed E-state index contributed by atoms with van der Waals surface area (Å²) in [6.45, 7) is 2.48. The number of aliphatic hydroxyl groups excluding tert-OH is 1. The summed E-state index contributed by atoms with van der Waals surface area (Å²) in [5, 5.41) is 12.6. The SMILES string of the molecule is Cc1cc(C(=O)N(CCCO)C2CCC2)on1. The van der Waals surface area contributed by atoms with Crippen molar-refractivity contribution in [2.75, 3.05) is 13.2 Å². The van der Waals surface area contributed by atoms with Crippen LogP contribution in [0.5, 0.6) is 0 Å². The van der Waals surface area contributed by atoms with E-state index in [4.69, 9.17) is 9.63 Å². The number of carbonyl (C=O) groups excluding carboxylic acids is 1. The molecule has 1 heterocycles. The third-order valence-corrected chi connectivity index (χ3v) is 3.17. The molecule has 1 amide bonds. The van der Waals surface area contributed by atoms with Gasteiger partial charge in [-0.15, -0.1) is 0 Å². The fraction of sp³-hybridized carbons (Fsp3) is 0.667. The fourth-order valence-electron chi connectivity index (χ4n) is 2.00. The summed E-state index contributed by atoms with van der Waals surface area (Å²) < 4.78 is 5.00. The first-order valence-electron chi connectivity index (χ1n) is 6.07. The highest BCUT2D eigenvalue weighted by Gasteiger charge is 2.30. The Labute approximate surface area is 100 Å². The number of aromatic nitrogens is 1. The molecule has 0 atom stereocenters. The quantitative estimate of drug-likeness (QED) is 0.841. The third-order valence-electron chi connectivity index (χ3n) is 3.17. The van der Waals surface area contributed by atoms with E-state index in [1.165, 1.54) is 6.42 Å². The van der Waals surface area contributed by atoms with Crippen LogP contribution in [-0.4, -0.2) is 40.3 Å². The van der Waals surface area contributed by atoms with Crippen LogP contribution in [0.3, 0.4) is 0 Å². The molecule has 17 heavy (non-hydrogen) atoms. The van der Waals surface area contributed by atoms with Crippen molar-refractivity contribution in [1.82, 2.24) is 10.1 Å². The van der Waals surface area contributed by atoms with Crippen LogP contribution in [0, 0.1) is 6.92 Å². The van der Waals surface area contributed by atoms with E-state index in [1.54, 1.807) is 17.9 Å². The van der Waals surface area contributed by atoms with Crippen molar-refractivity contribution in [2.45, 2.75) is 38.6 Å². The van der Waals surface area contributed by atoms with Crippen molar-refractivity contribution in [3.8, 4) is 0 Å². The van der Waals surface area contributed by atoms with Gasteiger partial charge in [0.15, 0.2) is 0 Å². The molecule has 94 valence electrons. The first kappa shape index (κ1) is 12.1. The van der Waals surface area contributed by atoms with Crippen LogP contribution in [0.1, 0.15) is 41.9 Å². The summed E-state index contributed by atoms with van der Waals surface area (Å²) in [6, 6.07) is 1.96. The Morgan fingerprint density at radius 1 is 1.65 bits per heavy atom. The molecule has 1 fully saturated rings. The van der Waals surface area contributed by atoms with Gasteiger partial charge in [-0.05, 0) is 32.6 Å². The van der Waals surface area contributed by atoms with Crippen molar-refractivity contribution in [3.63, 3.8) is 0 Å². The number of nitrogens with zero attached hydrogens (tertiary/aromatic N) is 2. The second-order valence-corrected chi connectivity index (χ2v) is 4.49. The topological polar surface area (TPSA) is 66.6 Å². The van der Waals surface area contributed by atoms with Crippen LogP contribution in [0.15, 0.2) is 10.6 Å². The van der Waals surface area contributed by atoms with Gasteiger partial charge in [0.2, 0.25) is 5.76 Å². The van der Waals surface area contributed by atoms with E-state index in [9.17, 15) is 4.79 Å². The van der Waals surface area contributed by atoms with Gasteiger partial charge in [0.05, 0.1) is 5.69 Å². The first-order valence-corrected chi connectivity index (χ1v) is 6.07. The lowest BCUT2D eigenvalue weighted by atomic mass is 9.91. The van der Waals surface area contributed by atoms with Crippen LogP contribution in [0.25, 0.3) is 0 Å². The van der Waals surface area contributed by atoms with Crippen LogP contribution in [-0.2, 0) is 0 Å². The van der Waals surface area contributed by atoms with Gasteiger partial charge in [0, 0.05) is 25.3 Å². The monoisotopic (exact) mass is 238 g/mol. The van der Waals surface area contributed by atoms with Crippen LogP contribution >= 0.6 is 0 Å². The number of carbonyl (C=O) groups is 1. The van der Waals surface area contributed by atoms with Gasteiger partial charge in [0.1, 0.15) is 0 Å². The Balaban J connectivity index is 2.06. The molecule has 0 saturated heterocycles. The van der Waals surface area contributed by atoms with Crippen molar-refractivity contribution in [3.05, 3.63) is 17.5 Å². The van der Waals surface area contributed by atoms with Crippen LogP contribution in [0.2, 0.25) is 0 Å². The Hall–Kier alpha value is -1.36. The first-order chi connectivity index (χ1) is 8.22. The molecule has 1 saturated carbocycles. The summed E-state index contributed by atoms with van der Waals surface area (Å²) in [6.07, 6.45) is 3.87. The van der Waals surface area contributed by atoms with Gasteiger partial charge in [-0.25, -0.2) is 0 Å². The zero-order chi connectivity index (χ0) is 12.3. The minimum atomic E-state index is -0.108. The lowest BCUT2D eigenvalue weighted by molar-refractivity contribution is 0.0521.